The van der Waals surface area contributed by atoms with E-state index >= 15 is 0 Å². The number of nitrogens with zero attached hydrogens (tertiary/aromatic N) is 3. The van der Waals surface area contributed by atoms with Crippen LogP contribution in [-0.2, 0) is 0 Å². The number of hydrogen-bond acceptors (Lipinski definition) is 5. The van der Waals surface area contributed by atoms with Gasteiger partial charge >= 0.3 is 0 Å². The molecule has 2 heterocycles. The maximum absolute atomic E-state index is 13.1. The summed E-state index contributed by atoms with van der Waals surface area (Å²) in [7, 11) is 1.63. The first kappa shape index (κ1) is 15.5. The Labute approximate surface area is 145 Å². The van der Waals surface area contributed by atoms with Crippen LogP contribution in [0.4, 0.5) is 5.95 Å². The minimum atomic E-state index is -0.0990. The van der Waals surface area contributed by atoms with E-state index in [2.05, 4.69) is 14.9 Å². The third-order valence-corrected chi connectivity index (χ3v) is 4.71. The van der Waals surface area contributed by atoms with Gasteiger partial charge in [0.05, 0.1) is 17.0 Å². The van der Waals surface area contributed by atoms with Crippen molar-refractivity contribution in [1.82, 2.24) is 9.97 Å². The molecule has 1 fully saturated rings. The molecule has 2 aliphatic rings. The predicted octanol–water partition coefficient (Wildman–Crippen LogP) is 2.98. The van der Waals surface area contributed by atoms with Crippen molar-refractivity contribution in [1.29, 1.82) is 5.41 Å². The summed E-state index contributed by atoms with van der Waals surface area (Å²) >= 11 is 0. The SMILES string of the molecule is CN=CC(C=N)=C1C(=O)c2ccccc2-c2nc(N3CCCC3)[nH]c21. The number of nitrogens with one attached hydrogen (secondary N) is 2. The second-order valence-corrected chi connectivity index (χ2v) is 6.21. The highest BCUT2D eigenvalue weighted by atomic mass is 16.1. The van der Waals surface area contributed by atoms with E-state index in [1.807, 2.05) is 24.3 Å². The number of aliphatic imine (C=N–C) groups is 1. The molecular weight excluding hydrogens is 314 g/mol. The Hall–Kier alpha value is -3.02. The van der Waals surface area contributed by atoms with Crippen LogP contribution in [0, 0.1) is 5.41 Å². The fourth-order valence-corrected chi connectivity index (χ4v) is 3.54. The molecule has 25 heavy (non-hydrogen) atoms. The monoisotopic (exact) mass is 333 g/mol. The molecule has 0 bridgehead atoms. The minimum Gasteiger partial charge on any atom is -0.342 e. The van der Waals surface area contributed by atoms with E-state index in [0.717, 1.165) is 43.1 Å². The Morgan fingerprint density at radius 3 is 2.68 bits per heavy atom. The van der Waals surface area contributed by atoms with Crippen LogP contribution in [0.25, 0.3) is 16.8 Å². The first-order chi connectivity index (χ1) is 12.2. The molecule has 2 aromatic rings. The van der Waals surface area contributed by atoms with E-state index in [4.69, 9.17) is 10.4 Å². The van der Waals surface area contributed by atoms with Crippen molar-refractivity contribution in [2.75, 3.05) is 25.0 Å². The summed E-state index contributed by atoms with van der Waals surface area (Å²) in [4.78, 5) is 27.5. The highest BCUT2D eigenvalue weighted by molar-refractivity contribution is 6.39. The van der Waals surface area contributed by atoms with Crippen molar-refractivity contribution in [2.45, 2.75) is 12.8 Å². The predicted molar refractivity (Wildman–Crippen MR) is 99.9 cm³/mol. The third kappa shape index (κ3) is 2.41. The molecule has 6 nitrogen and oxygen atoms in total. The van der Waals surface area contributed by atoms with Crippen LogP contribution in [0.15, 0.2) is 34.8 Å². The maximum Gasteiger partial charge on any atom is 0.203 e. The first-order valence-corrected chi connectivity index (χ1v) is 8.41. The zero-order valence-corrected chi connectivity index (χ0v) is 14.0. The van der Waals surface area contributed by atoms with Crippen molar-refractivity contribution in [3.8, 4) is 11.3 Å². The largest absolute Gasteiger partial charge is 0.342 e. The lowest BCUT2D eigenvalue weighted by atomic mass is 9.85. The van der Waals surface area contributed by atoms with E-state index in [0.29, 0.717) is 22.4 Å². The Morgan fingerprint density at radius 2 is 2.00 bits per heavy atom. The number of rotatable bonds is 3. The Kier molecular flexibility index (Phi) is 3.80. The molecule has 6 heteroatoms. The molecule has 2 N–H and O–H groups in total. The molecule has 1 aromatic carbocycles. The number of carbonyl (C=O) groups excluding carboxylic acids is 1. The number of imidazole rings is 1. The number of aromatic nitrogens is 2. The zero-order valence-electron chi connectivity index (χ0n) is 14.0. The fraction of sp³-hybridized carbons (Fsp3) is 0.263. The number of H-pyrrole nitrogens is 1. The number of carbonyl (C=O) groups is 1. The van der Waals surface area contributed by atoms with E-state index in [9.17, 15) is 4.79 Å². The normalized spacial score (nSPS) is 18.4. The van der Waals surface area contributed by atoms with Crippen LogP contribution in [0.2, 0.25) is 0 Å². The van der Waals surface area contributed by atoms with Gasteiger partial charge in [0.1, 0.15) is 0 Å². The zero-order chi connectivity index (χ0) is 17.4. The van der Waals surface area contributed by atoms with Gasteiger partial charge in [-0.05, 0) is 12.8 Å². The van der Waals surface area contributed by atoms with E-state index in [1.54, 1.807) is 13.3 Å². The van der Waals surface area contributed by atoms with E-state index < -0.39 is 0 Å². The Morgan fingerprint density at radius 1 is 1.28 bits per heavy atom. The molecule has 0 atom stereocenters. The first-order valence-electron chi connectivity index (χ1n) is 8.41. The van der Waals surface area contributed by atoms with Gasteiger partial charge in [-0.25, -0.2) is 4.98 Å². The van der Waals surface area contributed by atoms with Gasteiger partial charge in [0, 0.05) is 49.3 Å². The van der Waals surface area contributed by atoms with Gasteiger partial charge in [-0.2, -0.15) is 0 Å². The van der Waals surface area contributed by atoms with Gasteiger partial charge in [0.2, 0.25) is 5.95 Å². The molecule has 0 spiro atoms. The number of allylic oxidation sites excluding steroid dienone is 2. The number of ketones is 1. The van der Waals surface area contributed by atoms with Crippen LogP contribution in [0.3, 0.4) is 0 Å². The van der Waals surface area contributed by atoms with Crippen molar-refractivity contribution < 1.29 is 4.79 Å². The van der Waals surface area contributed by atoms with Gasteiger partial charge in [0.25, 0.3) is 0 Å². The van der Waals surface area contributed by atoms with E-state index in [1.165, 1.54) is 6.21 Å². The second kappa shape index (κ2) is 6.12. The van der Waals surface area contributed by atoms with Crippen molar-refractivity contribution in [2.24, 2.45) is 4.99 Å². The quantitative estimate of drug-likeness (QED) is 0.669. The lowest BCUT2D eigenvalue weighted by Crippen LogP contribution is -2.19. The Balaban J connectivity index is 1.98. The lowest BCUT2D eigenvalue weighted by Gasteiger charge is -2.17. The molecule has 126 valence electrons. The third-order valence-electron chi connectivity index (χ3n) is 4.71. The Bertz CT molecular complexity index is 916. The molecule has 0 unspecified atom stereocenters. The number of Topliss-reactive ketones (excluding diaryl/α,β-unsaturated/α-hetero) is 1. The minimum absolute atomic E-state index is 0.0990. The van der Waals surface area contributed by atoms with Gasteiger partial charge in [0.15, 0.2) is 5.78 Å². The van der Waals surface area contributed by atoms with Gasteiger partial charge in [-0.15, -0.1) is 0 Å². The summed E-state index contributed by atoms with van der Waals surface area (Å²) in [5.41, 5.74) is 3.87. The van der Waals surface area contributed by atoms with Crippen LogP contribution in [0.1, 0.15) is 28.9 Å². The highest BCUT2D eigenvalue weighted by Crippen LogP contribution is 2.40. The average molecular weight is 333 g/mol. The van der Waals surface area contributed by atoms with Crippen molar-refractivity contribution in [3.63, 3.8) is 0 Å². The molecular formula is C19H19N5O. The summed E-state index contributed by atoms with van der Waals surface area (Å²) in [6.45, 7) is 1.93. The highest BCUT2D eigenvalue weighted by Gasteiger charge is 2.33. The van der Waals surface area contributed by atoms with Gasteiger partial charge in [-0.3, -0.25) is 9.79 Å². The number of anilines is 1. The smallest absolute Gasteiger partial charge is 0.203 e. The maximum atomic E-state index is 13.1. The number of benzene rings is 1. The topological polar surface area (TPSA) is 85.2 Å². The van der Waals surface area contributed by atoms with Gasteiger partial charge < -0.3 is 15.3 Å². The summed E-state index contributed by atoms with van der Waals surface area (Å²) in [6.07, 6.45) is 5.03. The molecule has 1 aliphatic heterocycles. The number of fused-ring (bicyclic) bond motifs is 3. The second-order valence-electron chi connectivity index (χ2n) is 6.21. The number of hydrogen-bond donors (Lipinski definition) is 2. The molecule has 1 aromatic heterocycles. The molecule has 4 rings (SSSR count). The molecule has 1 saturated heterocycles. The fourth-order valence-electron chi connectivity index (χ4n) is 3.54. The van der Waals surface area contributed by atoms with Crippen LogP contribution in [0.5, 0.6) is 0 Å². The standard InChI is InChI=1S/C19H19N5O/c1-21-11-12(10-20)15-17-16(13-6-2-3-7-14(13)18(15)25)22-19(23-17)24-8-4-5-9-24/h2-3,6-7,10-11,20H,4-5,8-9H2,1H3,(H,22,23). The van der Waals surface area contributed by atoms with Crippen LogP contribution < -0.4 is 4.90 Å². The molecule has 0 amide bonds. The van der Waals surface area contributed by atoms with Crippen LogP contribution in [-0.4, -0.2) is 48.3 Å². The molecule has 0 saturated carbocycles. The summed E-state index contributed by atoms with van der Waals surface area (Å²) in [5, 5.41) is 7.72. The summed E-state index contributed by atoms with van der Waals surface area (Å²) in [6, 6.07) is 7.51. The van der Waals surface area contributed by atoms with Crippen molar-refractivity contribution >= 4 is 29.7 Å². The summed E-state index contributed by atoms with van der Waals surface area (Å²) < 4.78 is 0. The average Bonchev–Trinajstić information content (AvgIpc) is 3.30. The molecule has 1 aliphatic carbocycles. The van der Waals surface area contributed by atoms with E-state index in [-0.39, 0.29) is 5.78 Å². The van der Waals surface area contributed by atoms with Crippen molar-refractivity contribution in [3.05, 3.63) is 41.1 Å². The number of aromatic amines is 1. The lowest BCUT2D eigenvalue weighted by molar-refractivity contribution is 0.105. The van der Waals surface area contributed by atoms with Gasteiger partial charge in [-0.1, -0.05) is 24.3 Å². The van der Waals surface area contributed by atoms with Crippen LogP contribution >= 0.6 is 0 Å². The molecule has 0 radical (unpaired) electrons. The summed E-state index contributed by atoms with van der Waals surface area (Å²) in [5.74, 6) is 0.695.